The van der Waals surface area contributed by atoms with Crippen LogP contribution in [0.1, 0.15) is 5.56 Å². The Balaban J connectivity index is 2.38. The van der Waals surface area contributed by atoms with Crippen LogP contribution in [0.15, 0.2) is 47.4 Å². The number of sulfonamides is 1. The molecule has 4 nitrogen and oxygen atoms in total. The first-order valence-corrected chi connectivity index (χ1v) is 7.02. The average Bonchev–Trinajstić information content (AvgIpc) is 2.35. The number of nitrogens with two attached hydrogens (primary N) is 1. The van der Waals surface area contributed by atoms with E-state index in [0.717, 1.165) is 0 Å². The van der Waals surface area contributed by atoms with Crippen LogP contribution in [0, 0.1) is 12.7 Å². The zero-order valence-electron chi connectivity index (χ0n) is 10.2. The highest BCUT2D eigenvalue weighted by atomic mass is 32.2. The summed E-state index contributed by atoms with van der Waals surface area (Å²) in [5.74, 6) is -0.428. The van der Waals surface area contributed by atoms with Crippen molar-refractivity contribution in [2.24, 2.45) is 0 Å². The van der Waals surface area contributed by atoms with Crippen LogP contribution in [-0.4, -0.2) is 8.42 Å². The Morgan fingerprint density at radius 2 is 1.74 bits per heavy atom. The van der Waals surface area contributed by atoms with Crippen molar-refractivity contribution in [1.82, 2.24) is 0 Å². The van der Waals surface area contributed by atoms with Gasteiger partial charge in [0.1, 0.15) is 5.82 Å². The number of rotatable bonds is 3. The minimum atomic E-state index is -3.73. The summed E-state index contributed by atoms with van der Waals surface area (Å²) >= 11 is 0. The van der Waals surface area contributed by atoms with Gasteiger partial charge in [-0.2, -0.15) is 0 Å². The summed E-state index contributed by atoms with van der Waals surface area (Å²) in [6.07, 6.45) is 0. The van der Waals surface area contributed by atoms with Gasteiger partial charge in [0.05, 0.1) is 4.90 Å². The molecule has 19 heavy (non-hydrogen) atoms. The van der Waals surface area contributed by atoms with Crippen LogP contribution >= 0.6 is 0 Å². The number of nitrogen functional groups attached to an aromatic ring is 1. The standard InChI is InChI=1S/C13H13FN2O2S/c1-9-12(15)3-2-4-13(9)19(17,18)16-11-7-5-10(14)6-8-11/h2-8,16H,15H2,1H3. The number of anilines is 2. The summed E-state index contributed by atoms with van der Waals surface area (Å²) < 4.78 is 39.5. The molecule has 0 unspecified atom stereocenters. The average molecular weight is 280 g/mol. The van der Waals surface area contributed by atoms with E-state index in [1.165, 1.54) is 30.3 Å². The molecule has 2 rings (SSSR count). The third kappa shape index (κ3) is 2.85. The number of nitrogens with one attached hydrogen (secondary N) is 1. The van der Waals surface area contributed by atoms with E-state index in [1.807, 2.05) is 0 Å². The Morgan fingerprint density at radius 1 is 1.11 bits per heavy atom. The lowest BCUT2D eigenvalue weighted by atomic mass is 10.2. The molecule has 0 spiro atoms. The lowest BCUT2D eigenvalue weighted by Gasteiger charge is -2.11. The number of halogens is 1. The van der Waals surface area contributed by atoms with Crippen LogP contribution in [0.3, 0.4) is 0 Å². The first-order valence-electron chi connectivity index (χ1n) is 5.53. The molecule has 0 aliphatic heterocycles. The fourth-order valence-corrected chi connectivity index (χ4v) is 2.99. The van der Waals surface area contributed by atoms with Crippen molar-refractivity contribution < 1.29 is 12.8 Å². The van der Waals surface area contributed by atoms with Crippen LogP contribution in [0.2, 0.25) is 0 Å². The molecule has 0 aliphatic carbocycles. The van der Waals surface area contributed by atoms with E-state index in [9.17, 15) is 12.8 Å². The van der Waals surface area contributed by atoms with Gasteiger partial charge in [-0.25, -0.2) is 12.8 Å². The van der Waals surface area contributed by atoms with Crippen LogP contribution in [0.4, 0.5) is 15.8 Å². The Kier molecular flexibility index (Phi) is 3.44. The second-order valence-corrected chi connectivity index (χ2v) is 5.73. The molecule has 0 aliphatic rings. The van der Waals surface area contributed by atoms with Gasteiger partial charge in [-0.15, -0.1) is 0 Å². The summed E-state index contributed by atoms with van der Waals surface area (Å²) in [7, 11) is -3.73. The van der Waals surface area contributed by atoms with Gasteiger partial charge in [0.15, 0.2) is 0 Å². The first-order chi connectivity index (χ1) is 8.90. The lowest BCUT2D eigenvalue weighted by molar-refractivity contribution is 0.600. The molecule has 0 bridgehead atoms. The van der Waals surface area contributed by atoms with Crippen molar-refractivity contribution in [2.75, 3.05) is 10.5 Å². The lowest BCUT2D eigenvalue weighted by Crippen LogP contribution is -2.14. The summed E-state index contributed by atoms with van der Waals surface area (Å²) in [4.78, 5) is 0.108. The molecule has 0 saturated heterocycles. The van der Waals surface area contributed by atoms with E-state index in [0.29, 0.717) is 16.9 Å². The number of benzene rings is 2. The van der Waals surface area contributed by atoms with Crippen molar-refractivity contribution in [3.8, 4) is 0 Å². The Bertz CT molecular complexity index is 697. The van der Waals surface area contributed by atoms with Crippen molar-refractivity contribution in [2.45, 2.75) is 11.8 Å². The largest absolute Gasteiger partial charge is 0.398 e. The van der Waals surface area contributed by atoms with Gasteiger partial charge in [-0.05, 0) is 48.9 Å². The second-order valence-electron chi connectivity index (χ2n) is 4.08. The van der Waals surface area contributed by atoms with Crippen molar-refractivity contribution in [3.05, 3.63) is 53.8 Å². The Morgan fingerprint density at radius 3 is 2.37 bits per heavy atom. The van der Waals surface area contributed by atoms with Gasteiger partial charge >= 0.3 is 0 Å². The van der Waals surface area contributed by atoms with Gasteiger partial charge < -0.3 is 5.73 Å². The minimum Gasteiger partial charge on any atom is -0.398 e. The topological polar surface area (TPSA) is 72.2 Å². The molecule has 0 fully saturated rings. The number of hydrogen-bond acceptors (Lipinski definition) is 3. The molecule has 100 valence electrons. The quantitative estimate of drug-likeness (QED) is 0.848. The third-order valence-corrected chi connectivity index (χ3v) is 4.24. The van der Waals surface area contributed by atoms with Crippen molar-refractivity contribution >= 4 is 21.4 Å². The SMILES string of the molecule is Cc1c(N)cccc1S(=O)(=O)Nc1ccc(F)cc1. The maximum Gasteiger partial charge on any atom is 0.262 e. The highest BCUT2D eigenvalue weighted by Gasteiger charge is 2.17. The summed E-state index contributed by atoms with van der Waals surface area (Å²) in [6, 6.07) is 9.75. The molecule has 0 aromatic heterocycles. The van der Waals surface area contributed by atoms with Crippen molar-refractivity contribution in [1.29, 1.82) is 0 Å². The van der Waals surface area contributed by atoms with Gasteiger partial charge in [0, 0.05) is 11.4 Å². The molecule has 0 radical (unpaired) electrons. The molecule has 2 aromatic carbocycles. The molecular weight excluding hydrogens is 267 g/mol. The maximum absolute atomic E-state index is 12.8. The predicted molar refractivity (Wildman–Crippen MR) is 72.8 cm³/mol. The molecule has 0 heterocycles. The zero-order chi connectivity index (χ0) is 14.0. The monoisotopic (exact) mass is 280 g/mol. The second kappa shape index (κ2) is 4.89. The highest BCUT2D eigenvalue weighted by molar-refractivity contribution is 7.92. The fraction of sp³-hybridized carbons (Fsp3) is 0.0769. The number of hydrogen-bond donors (Lipinski definition) is 2. The minimum absolute atomic E-state index is 0.108. The fourth-order valence-electron chi connectivity index (χ4n) is 1.65. The van der Waals surface area contributed by atoms with Gasteiger partial charge in [0.25, 0.3) is 10.0 Å². The summed E-state index contributed by atoms with van der Waals surface area (Å²) in [5.41, 5.74) is 6.87. The van der Waals surface area contributed by atoms with E-state index < -0.39 is 15.8 Å². The van der Waals surface area contributed by atoms with E-state index in [1.54, 1.807) is 19.1 Å². The Labute approximate surface area is 111 Å². The van der Waals surface area contributed by atoms with E-state index >= 15 is 0 Å². The molecular formula is C13H13FN2O2S. The smallest absolute Gasteiger partial charge is 0.262 e. The van der Waals surface area contributed by atoms with E-state index in [2.05, 4.69) is 4.72 Å². The Hall–Kier alpha value is -2.08. The van der Waals surface area contributed by atoms with Crippen molar-refractivity contribution in [3.63, 3.8) is 0 Å². The summed E-state index contributed by atoms with van der Waals surface area (Å²) in [5, 5.41) is 0. The predicted octanol–water partition coefficient (Wildman–Crippen LogP) is 2.52. The molecule has 2 aromatic rings. The maximum atomic E-state index is 12.8. The van der Waals surface area contributed by atoms with Crippen LogP contribution in [0.25, 0.3) is 0 Å². The molecule has 6 heteroatoms. The van der Waals surface area contributed by atoms with Gasteiger partial charge in [-0.3, -0.25) is 4.72 Å². The van der Waals surface area contributed by atoms with Crippen LogP contribution in [-0.2, 0) is 10.0 Å². The third-order valence-electron chi connectivity index (χ3n) is 2.71. The van der Waals surface area contributed by atoms with E-state index in [-0.39, 0.29) is 4.90 Å². The zero-order valence-corrected chi connectivity index (χ0v) is 11.0. The van der Waals surface area contributed by atoms with E-state index in [4.69, 9.17) is 5.73 Å². The summed E-state index contributed by atoms with van der Waals surface area (Å²) in [6.45, 7) is 1.63. The molecule has 0 amide bonds. The normalized spacial score (nSPS) is 11.3. The first kappa shape index (κ1) is 13.4. The van der Waals surface area contributed by atoms with Crippen LogP contribution < -0.4 is 10.5 Å². The molecule has 0 saturated carbocycles. The van der Waals surface area contributed by atoms with Crippen LogP contribution in [0.5, 0.6) is 0 Å². The van der Waals surface area contributed by atoms with Gasteiger partial charge in [0.2, 0.25) is 0 Å². The molecule has 3 N–H and O–H groups in total. The highest BCUT2D eigenvalue weighted by Crippen LogP contribution is 2.23. The van der Waals surface area contributed by atoms with Gasteiger partial charge in [-0.1, -0.05) is 6.07 Å². The molecule has 0 atom stereocenters.